The molecule has 0 aliphatic heterocycles. The summed E-state index contributed by atoms with van der Waals surface area (Å²) in [4.78, 5) is 2.43. The van der Waals surface area contributed by atoms with Crippen LogP contribution in [-0.2, 0) is 0 Å². The van der Waals surface area contributed by atoms with Gasteiger partial charge in [-0.2, -0.15) is 12.6 Å². The quantitative estimate of drug-likeness (QED) is 0.677. The summed E-state index contributed by atoms with van der Waals surface area (Å²) >= 11 is 4.41. The van der Waals surface area contributed by atoms with Gasteiger partial charge in [-0.1, -0.05) is 0 Å². The third-order valence-electron chi connectivity index (χ3n) is 3.68. The fourth-order valence-corrected chi connectivity index (χ4v) is 2.89. The van der Waals surface area contributed by atoms with E-state index < -0.39 is 0 Å². The second-order valence-electron chi connectivity index (χ2n) is 5.35. The van der Waals surface area contributed by atoms with Gasteiger partial charge in [0.1, 0.15) is 0 Å². The Morgan fingerprint density at radius 1 is 1.43 bits per heavy atom. The van der Waals surface area contributed by atoms with E-state index in [1.54, 1.807) is 0 Å². The van der Waals surface area contributed by atoms with Crippen LogP contribution in [-0.4, -0.2) is 42.0 Å². The molecule has 0 radical (unpaired) electrons. The first kappa shape index (κ1) is 10.8. The third-order valence-corrected chi connectivity index (χ3v) is 4.35. The molecule has 3 heteroatoms. The van der Waals surface area contributed by atoms with Crippen molar-refractivity contribution < 1.29 is 5.11 Å². The van der Waals surface area contributed by atoms with Crippen LogP contribution in [0.2, 0.25) is 0 Å². The molecule has 0 heterocycles. The summed E-state index contributed by atoms with van der Waals surface area (Å²) in [6.07, 6.45) is 4.73. The van der Waals surface area contributed by atoms with Gasteiger partial charge in [0.2, 0.25) is 0 Å². The Labute approximate surface area is 92.1 Å². The van der Waals surface area contributed by atoms with Crippen LogP contribution in [0.3, 0.4) is 0 Å². The highest BCUT2D eigenvalue weighted by Crippen LogP contribution is 2.47. The van der Waals surface area contributed by atoms with Crippen molar-refractivity contribution in [3.05, 3.63) is 0 Å². The first-order chi connectivity index (χ1) is 6.63. The van der Waals surface area contributed by atoms with E-state index in [1.807, 2.05) is 0 Å². The zero-order chi connectivity index (χ0) is 10.2. The molecule has 0 spiro atoms. The molecule has 0 amide bonds. The normalized spacial score (nSPS) is 34.3. The standard InChI is InChI=1S/C11H21NOS/c1-12(6-9-4-10(13)5-9)7-11(8-14)2-3-11/h9-10,13-14H,2-8H2,1H3. The second kappa shape index (κ2) is 4.03. The number of thiol groups is 1. The molecule has 2 fully saturated rings. The van der Waals surface area contributed by atoms with Crippen LogP contribution in [0.1, 0.15) is 25.7 Å². The Morgan fingerprint density at radius 3 is 2.50 bits per heavy atom. The van der Waals surface area contributed by atoms with Crippen molar-refractivity contribution in [3.8, 4) is 0 Å². The van der Waals surface area contributed by atoms with E-state index in [0.717, 1.165) is 31.1 Å². The lowest BCUT2D eigenvalue weighted by Gasteiger charge is -2.35. The predicted molar refractivity (Wildman–Crippen MR) is 61.7 cm³/mol. The molecule has 14 heavy (non-hydrogen) atoms. The van der Waals surface area contributed by atoms with E-state index in [-0.39, 0.29) is 6.10 Å². The zero-order valence-electron chi connectivity index (χ0n) is 8.95. The van der Waals surface area contributed by atoms with E-state index in [2.05, 4.69) is 24.6 Å². The van der Waals surface area contributed by atoms with Gasteiger partial charge in [0.15, 0.2) is 0 Å². The predicted octanol–water partition coefficient (Wildman–Crippen LogP) is 1.40. The Hall–Kier alpha value is 0.270. The maximum atomic E-state index is 9.19. The topological polar surface area (TPSA) is 23.5 Å². The number of hydrogen-bond donors (Lipinski definition) is 2. The van der Waals surface area contributed by atoms with E-state index >= 15 is 0 Å². The van der Waals surface area contributed by atoms with Crippen molar-refractivity contribution in [1.82, 2.24) is 4.90 Å². The van der Waals surface area contributed by atoms with Gasteiger partial charge in [-0.3, -0.25) is 0 Å². The molecule has 0 aromatic heterocycles. The molecule has 0 atom stereocenters. The van der Waals surface area contributed by atoms with Crippen LogP contribution >= 0.6 is 12.6 Å². The maximum Gasteiger partial charge on any atom is 0.0546 e. The molecule has 2 rings (SSSR count). The average Bonchev–Trinajstić information content (AvgIpc) is 2.83. The number of aliphatic hydroxyl groups excluding tert-OH is 1. The van der Waals surface area contributed by atoms with Gasteiger partial charge in [-0.05, 0) is 49.8 Å². The lowest BCUT2D eigenvalue weighted by molar-refractivity contribution is 0.0263. The molecule has 2 aliphatic rings. The summed E-state index contributed by atoms with van der Waals surface area (Å²) < 4.78 is 0. The SMILES string of the molecule is CN(CC1CC(O)C1)CC1(CS)CC1. The molecule has 0 bridgehead atoms. The monoisotopic (exact) mass is 215 g/mol. The molecule has 2 nitrogen and oxygen atoms in total. The van der Waals surface area contributed by atoms with Crippen LogP contribution in [0.25, 0.3) is 0 Å². The van der Waals surface area contributed by atoms with Crippen molar-refractivity contribution in [2.24, 2.45) is 11.3 Å². The second-order valence-corrected chi connectivity index (χ2v) is 5.66. The Bertz CT molecular complexity index is 199. The summed E-state index contributed by atoms with van der Waals surface area (Å²) in [6.45, 7) is 2.36. The van der Waals surface area contributed by atoms with Gasteiger partial charge >= 0.3 is 0 Å². The van der Waals surface area contributed by atoms with Gasteiger partial charge in [-0.25, -0.2) is 0 Å². The van der Waals surface area contributed by atoms with Gasteiger partial charge in [0.05, 0.1) is 6.10 Å². The number of aliphatic hydroxyl groups is 1. The molecule has 1 N–H and O–H groups in total. The Balaban J connectivity index is 1.66. The number of hydrogen-bond acceptors (Lipinski definition) is 3. The molecule has 2 aliphatic carbocycles. The third kappa shape index (κ3) is 2.44. The first-order valence-electron chi connectivity index (χ1n) is 5.61. The van der Waals surface area contributed by atoms with Crippen molar-refractivity contribution in [2.45, 2.75) is 31.8 Å². The molecular formula is C11H21NOS. The fraction of sp³-hybridized carbons (Fsp3) is 1.00. The minimum atomic E-state index is -0.00633. The largest absolute Gasteiger partial charge is 0.393 e. The fourth-order valence-electron chi connectivity index (χ4n) is 2.47. The van der Waals surface area contributed by atoms with Gasteiger partial charge in [0.25, 0.3) is 0 Å². The highest BCUT2D eigenvalue weighted by molar-refractivity contribution is 7.80. The molecule has 2 saturated carbocycles. The van der Waals surface area contributed by atoms with Crippen molar-refractivity contribution in [3.63, 3.8) is 0 Å². The molecule has 0 unspecified atom stereocenters. The Kier molecular flexibility index (Phi) is 3.10. The highest BCUT2D eigenvalue weighted by Gasteiger charge is 2.42. The van der Waals surface area contributed by atoms with Crippen LogP contribution in [0.15, 0.2) is 0 Å². The molecule has 0 aromatic rings. The summed E-state index contributed by atoms with van der Waals surface area (Å²) in [5.74, 6) is 1.77. The molecule has 0 saturated heterocycles. The van der Waals surface area contributed by atoms with E-state index in [4.69, 9.17) is 0 Å². The van der Waals surface area contributed by atoms with Crippen molar-refractivity contribution in [1.29, 1.82) is 0 Å². The van der Waals surface area contributed by atoms with Crippen molar-refractivity contribution in [2.75, 3.05) is 25.9 Å². The van der Waals surface area contributed by atoms with Gasteiger partial charge in [0, 0.05) is 13.1 Å². The Morgan fingerprint density at radius 2 is 2.07 bits per heavy atom. The number of rotatable bonds is 5. The lowest BCUT2D eigenvalue weighted by Crippen LogP contribution is -2.39. The van der Waals surface area contributed by atoms with E-state index in [0.29, 0.717) is 5.41 Å². The zero-order valence-corrected chi connectivity index (χ0v) is 9.84. The minimum Gasteiger partial charge on any atom is -0.393 e. The first-order valence-corrected chi connectivity index (χ1v) is 6.24. The van der Waals surface area contributed by atoms with Crippen LogP contribution < -0.4 is 0 Å². The summed E-state index contributed by atoms with van der Waals surface area (Å²) in [5, 5.41) is 9.19. The van der Waals surface area contributed by atoms with E-state index in [1.165, 1.54) is 19.4 Å². The molecular weight excluding hydrogens is 194 g/mol. The number of nitrogens with zero attached hydrogens (tertiary/aromatic N) is 1. The molecule has 0 aromatic carbocycles. The van der Waals surface area contributed by atoms with Crippen LogP contribution in [0.5, 0.6) is 0 Å². The average molecular weight is 215 g/mol. The van der Waals surface area contributed by atoms with Crippen molar-refractivity contribution >= 4 is 12.6 Å². The minimum absolute atomic E-state index is 0.00633. The molecule has 82 valence electrons. The summed E-state index contributed by atoms with van der Waals surface area (Å²) in [7, 11) is 2.20. The highest BCUT2D eigenvalue weighted by atomic mass is 32.1. The smallest absolute Gasteiger partial charge is 0.0546 e. The van der Waals surface area contributed by atoms with Crippen LogP contribution in [0.4, 0.5) is 0 Å². The lowest BCUT2D eigenvalue weighted by atomic mass is 9.82. The van der Waals surface area contributed by atoms with Gasteiger partial charge in [-0.15, -0.1) is 0 Å². The van der Waals surface area contributed by atoms with Crippen LogP contribution in [0, 0.1) is 11.3 Å². The summed E-state index contributed by atoms with van der Waals surface area (Å²) in [5.41, 5.74) is 0.542. The van der Waals surface area contributed by atoms with E-state index in [9.17, 15) is 5.11 Å². The maximum absolute atomic E-state index is 9.19. The van der Waals surface area contributed by atoms with Gasteiger partial charge < -0.3 is 10.0 Å². The summed E-state index contributed by atoms with van der Waals surface area (Å²) in [6, 6.07) is 0.